The molecule has 0 saturated carbocycles. The third-order valence-electron chi connectivity index (χ3n) is 5.34. The van der Waals surface area contributed by atoms with Gasteiger partial charge in [-0.15, -0.1) is 11.6 Å². The fourth-order valence-electron chi connectivity index (χ4n) is 3.91. The average Bonchev–Trinajstić information content (AvgIpc) is 2.73. The summed E-state index contributed by atoms with van der Waals surface area (Å²) in [6, 6.07) is 12.3. The third-order valence-corrected chi connectivity index (χ3v) is 5.57. The number of halogens is 1. The van der Waals surface area contributed by atoms with E-state index in [4.69, 9.17) is 21.1 Å². The number of hydrogen-bond acceptors (Lipinski definition) is 3. The first kappa shape index (κ1) is 19.6. The highest BCUT2D eigenvalue weighted by Crippen LogP contribution is 2.39. The summed E-state index contributed by atoms with van der Waals surface area (Å²) < 4.78 is 10.8. The molecule has 0 saturated heterocycles. The highest BCUT2D eigenvalue weighted by molar-refractivity contribution is 6.29. The SMILES string of the molecule is CCN(C(=O)CCl)c1cc(OC)ccc1C1CCc2cc(OC)ccc2C1. The highest BCUT2D eigenvalue weighted by atomic mass is 35.5. The van der Waals surface area contributed by atoms with Crippen molar-refractivity contribution in [2.45, 2.75) is 32.1 Å². The molecular weight excluding hydrogens is 362 g/mol. The third kappa shape index (κ3) is 4.06. The molecule has 1 aliphatic rings. The minimum Gasteiger partial charge on any atom is -0.497 e. The number of anilines is 1. The molecule has 1 amide bonds. The van der Waals surface area contributed by atoms with Crippen molar-refractivity contribution >= 4 is 23.2 Å². The number of amides is 1. The van der Waals surface area contributed by atoms with E-state index in [1.807, 2.05) is 25.1 Å². The van der Waals surface area contributed by atoms with E-state index in [1.54, 1.807) is 19.1 Å². The Hall–Kier alpha value is -2.20. The van der Waals surface area contributed by atoms with E-state index in [0.29, 0.717) is 12.5 Å². The van der Waals surface area contributed by atoms with Crippen LogP contribution in [0.1, 0.15) is 36.0 Å². The largest absolute Gasteiger partial charge is 0.497 e. The minimum absolute atomic E-state index is 0.0300. The Morgan fingerprint density at radius 1 is 1.11 bits per heavy atom. The Labute approximate surface area is 166 Å². The fourth-order valence-corrected chi connectivity index (χ4v) is 4.05. The van der Waals surface area contributed by atoms with Crippen LogP contribution in [0, 0.1) is 0 Å². The van der Waals surface area contributed by atoms with Gasteiger partial charge in [0, 0.05) is 12.6 Å². The zero-order valence-corrected chi connectivity index (χ0v) is 16.9. The molecule has 4 nitrogen and oxygen atoms in total. The molecule has 144 valence electrons. The van der Waals surface area contributed by atoms with Gasteiger partial charge in [-0.25, -0.2) is 0 Å². The van der Waals surface area contributed by atoms with Gasteiger partial charge in [-0.05, 0) is 67.0 Å². The lowest BCUT2D eigenvalue weighted by atomic mass is 9.79. The number of nitrogens with zero attached hydrogens (tertiary/aromatic N) is 1. The lowest BCUT2D eigenvalue weighted by Crippen LogP contribution is -2.33. The fraction of sp³-hybridized carbons (Fsp3) is 0.409. The molecule has 0 fully saturated rings. The summed E-state index contributed by atoms with van der Waals surface area (Å²) in [5.74, 6) is 1.88. The van der Waals surface area contributed by atoms with E-state index >= 15 is 0 Å². The number of methoxy groups -OCH3 is 2. The molecule has 3 rings (SSSR count). The van der Waals surface area contributed by atoms with Crippen molar-refractivity contribution in [3.63, 3.8) is 0 Å². The molecule has 1 aliphatic carbocycles. The topological polar surface area (TPSA) is 38.8 Å². The molecule has 5 heteroatoms. The summed E-state index contributed by atoms with van der Waals surface area (Å²) in [6.07, 6.45) is 2.98. The second-order valence-corrected chi connectivity index (χ2v) is 7.04. The zero-order chi connectivity index (χ0) is 19.4. The summed E-state index contributed by atoms with van der Waals surface area (Å²) in [5.41, 5.74) is 4.78. The molecule has 27 heavy (non-hydrogen) atoms. The zero-order valence-electron chi connectivity index (χ0n) is 16.1. The Morgan fingerprint density at radius 2 is 1.81 bits per heavy atom. The second kappa shape index (κ2) is 8.66. The Bertz CT molecular complexity index is 821. The first-order chi connectivity index (χ1) is 13.1. The van der Waals surface area contributed by atoms with Crippen molar-refractivity contribution < 1.29 is 14.3 Å². The van der Waals surface area contributed by atoms with Gasteiger partial charge in [-0.1, -0.05) is 12.1 Å². The molecule has 0 bridgehead atoms. The Kier molecular flexibility index (Phi) is 6.27. The van der Waals surface area contributed by atoms with Gasteiger partial charge in [-0.2, -0.15) is 0 Å². The van der Waals surface area contributed by atoms with Gasteiger partial charge in [0.2, 0.25) is 5.91 Å². The maximum Gasteiger partial charge on any atom is 0.241 e. The van der Waals surface area contributed by atoms with Crippen LogP contribution in [-0.4, -0.2) is 32.6 Å². The van der Waals surface area contributed by atoms with E-state index in [0.717, 1.165) is 36.4 Å². The smallest absolute Gasteiger partial charge is 0.241 e. The average molecular weight is 388 g/mol. The van der Waals surface area contributed by atoms with E-state index in [9.17, 15) is 4.79 Å². The molecule has 2 aromatic carbocycles. The van der Waals surface area contributed by atoms with Gasteiger partial charge in [0.15, 0.2) is 0 Å². The van der Waals surface area contributed by atoms with Gasteiger partial charge >= 0.3 is 0 Å². The quantitative estimate of drug-likeness (QED) is 0.681. The monoisotopic (exact) mass is 387 g/mol. The van der Waals surface area contributed by atoms with Crippen LogP contribution in [0.4, 0.5) is 5.69 Å². The number of benzene rings is 2. The van der Waals surface area contributed by atoms with E-state index in [-0.39, 0.29) is 11.8 Å². The number of alkyl halides is 1. The highest BCUT2D eigenvalue weighted by Gasteiger charge is 2.26. The van der Waals surface area contributed by atoms with E-state index in [2.05, 4.69) is 18.2 Å². The number of fused-ring (bicyclic) bond motifs is 1. The van der Waals surface area contributed by atoms with Crippen LogP contribution in [0.25, 0.3) is 0 Å². The van der Waals surface area contributed by atoms with Crippen molar-refractivity contribution in [2.75, 3.05) is 31.5 Å². The van der Waals surface area contributed by atoms with Crippen molar-refractivity contribution in [3.05, 3.63) is 53.1 Å². The molecule has 1 unspecified atom stereocenters. The predicted octanol–water partition coefficient (Wildman–Crippen LogP) is 4.57. The summed E-state index contributed by atoms with van der Waals surface area (Å²) in [4.78, 5) is 14.1. The van der Waals surface area contributed by atoms with E-state index in [1.165, 1.54) is 16.7 Å². The normalized spacial score (nSPS) is 15.8. The van der Waals surface area contributed by atoms with Crippen molar-refractivity contribution in [2.24, 2.45) is 0 Å². The number of aryl methyl sites for hydroxylation is 1. The number of carbonyl (C=O) groups excluding carboxylic acids is 1. The first-order valence-electron chi connectivity index (χ1n) is 9.31. The molecule has 0 heterocycles. The first-order valence-corrected chi connectivity index (χ1v) is 9.84. The predicted molar refractivity (Wildman–Crippen MR) is 110 cm³/mol. The molecule has 0 aliphatic heterocycles. The minimum atomic E-state index is -0.0883. The number of hydrogen-bond donors (Lipinski definition) is 0. The molecule has 0 spiro atoms. The molecule has 0 radical (unpaired) electrons. The Morgan fingerprint density at radius 3 is 2.48 bits per heavy atom. The van der Waals surface area contributed by atoms with Crippen LogP contribution in [0.3, 0.4) is 0 Å². The Balaban J connectivity index is 1.97. The van der Waals surface area contributed by atoms with Gasteiger partial charge in [-0.3, -0.25) is 4.79 Å². The number of carbonyl (C=O) groups is 1. The summed E-state index contributed by atoms with van der Waals surface area (Å²) in [5, 5.41) is 0. The van der Waals surface area contributed by atoms with Gasteiger partial charge in [0.1, 0.15) is 17.4 Å². The molecule has 2 aromatic rings. The van der Waals surface area contributed by atoms with Crippen molar-refractivity contribution in [3.8, 4) is 11.5 Å². The van der Waals surface area contributed by atoms with E-state index < -0.39 is 0 Å². The standard InChI is InChI=1S/C22H26ClNO3/c1-4-24(22(25)14-23)21-13-19(27-3)9-10-20(21)17-6-5-16-12-18(26-2)8-7-15(16)11-17/h7-10,12-13,17H,4-6,11,14H2,1-3H3. The second-order valence-electron chi connectivity index (χ2n) is 6.77. The summed E-state index contributed by atoms with van der Waals surface area (Å²) in [6.45, 7) is 2.54. The molecule has 0 aromatic heterocycles. The van der Waals surface area contributed by atoms with Crippen LogP contribution in [0.2, 0.25) is 0 Å². The number of rotatable bonds is 6. The van der Waals surface area contributed by atoms with Gasteiger partial charge < -0.3 is 14.4 Å². The summed E-state index contributed by atoms with van der Waals surface area (Å²) in [7, 11) is 3.34. The summed E-state index contributed by atoms with van der Waals surface area (Å²) >= 11 is 5.85. The lowest BCUT2D eigenvalue weighted by Gasteiger charge is -2.30. The molecule has 1 atom stereocenters. The maximum atomic E-state index is 12.4. The molecular formula is C22H26ClNO3. The van der Waals surface area contributed by atoms with Gasteiger partial charge in [0.25, 0.3) is 0 Å². The van der Waals surface area contributed by atoms with Crippen LogP contribution >= 0.6 is 11.6 Å². The molecule has 0 N–H and O–H groups in total. The van der Waals surface area contributed by atoms with Crippen molar-refractivity contribution in [1.29, 1.82) is 0 Å². The van der Waals surface area contributed by atoms with Crippen molar-refractivity contribution in [1.82, 2.24) is 0 Å². The lowest BCUT2D eigenvalue weighted by molar-refractivity contribution is -0.116. The van der Waals surface area contributed by atoms with Gasteiger partial charge in [0.05, 0.1) is 19.9 Å². The maximum absolute atomic E-state index is 12.4. The van der Waals surface area contributed by atoms with Crippen LogP contribution < -0.4 is 14.4 Å². The van der Waals surface area contributed by atoms with Crippen LogP contribution in [0.15, 0.2) is 36.4 Å². The van der Waals surface area contributed by atoms with Crippen LogP contribution in [0.5, 0.6) is 11.5 Å². The number of ether oxygens (including phenoxy) is 2. The van der Waals surface area contributed by atoms with Crippen LogP contribution in [-0.2, 0) is 17.6 Å².